The van der Waals surface area contributed by atoms with Gasteiger partial charge < -0.3 is 9.47 Å². The summed E-state index contributed by atoms with van der Waals surface area (Å²) in [6, 6.07) is 8.97. The van der Waals surface area contributed by atoms with Crippen LogP contribution < -0.4 is 9.47 Å². The molecule has 0 aliphatic rings. The largest absolute Gasteiger partial charge is 0.496 e. The zero-order valence-electron chi connectivity index (χ0n) is 14.3. The highest BCUT2D eigenvalue weighted by atomic mass is 35.6. The second-order valence-corrected chi connectivity index (χ2v) is 10.1. The van der Waals surface area contributed by atoms with Crippen LogP contribution in [0.2, 0.25) is 0 Å². The van der Waals surface area contributed by atoms with E-state index in [9.17, 15) is 0 Å². The molecule has 0 fully saturated rings. The van der Waals surface area contributed by atoms with Crippen molar-refractivity contribution in [3.05, 3.63) is 42.0 Å². The molecule has 11 heteroatoms. The highest BCUT2D eigenvalue weighted by Crippen LogP contribution is 2.43. The minimum atomic E-state index is -1.94. The van der Waals surface area contributed by atoms with Crippen molar-refractivity contribution in [1.82, 2.24) is 15.0 Å². The van der Waals surface area contributed by atoms with Crippen LogP contribution in [0.25, 0.3) is 22.2 Å². The van der Waals surface area contributed by atoms with Gasteiger partial charge in [0.1, 0.15) is 11.5 Å². The zero-order chi connectivity index (χ0) is 20.7. The maximum absolute atomic E-state index is 5.96. The molecule has 3 rings (SSSR count). The minimum Gasteiger partial charge on any atom is -0.496 e. The van der Waals surface area contributed by atoms with E-state index in [1.165, 1.54) is 0 Å². The number of fused-ring (bicyclic) bond motifs is 1. The second kappa shape index (κ2) is 8.05. The highest BCUT2D eigenvalue weighted by Gasteiger charge is 2.34. The van der Waals surface area contributed by atoms with Gasteiger partial charge in [-0.05, 0) is 18.2 Å². The molecule has 0 aliphatic carbocycles. The number of benzene rings is 2. The van der Waals surface area contributed by atoms with Crippen LogP contribution in [0.4, 0.5) is 0 Å². The summed E-state index contributed by atoms with van der Waals surface area (Å²) in [5.41, 5.74) is 0.586. The lowest BCUT2D eigenvalue weighted by atomic mass is 10.0. The predicted octanol–water partition coefficient (Wildman–Crippen LogP) is 6.36. The van der Waals surface area contributed by atoms with E-state index in [4.69, 9.17) is 79.1 Å². The third-order valence-electron chi connectivity index (χ3n) is 3.79. The Labute approximate surface area is 190 Å². The normalized spacial score (nSPS) is 12.3. The molecule has 0 N–H and O–H groups in total. The first kappa shape index (κ1) is 21.8. The Morgan fingerprint density at radius 1 is 0.714 bits per heavy atom. The molecular formula is C17H11Cl6N3O2. The van der Waals surface area contributed by atoms with E-state index in [0.717, 1.165) is 10.8 Å². The third kappa shape index (κ3) is 4.30. The van der Waals surface area contributed by atoms with Gasteiger partial charge >= 0.3 is 0 Å². The molecule has 0 saturated carbocycles. The van der Waals surface area contributed by atoms with E-state index in [0.29, 0.717) is 17.1 Å². The number of hydrogen-bond donors (Lipinski definition) is 0. The number of rotatable bonds is 3. The van der Waals surface area contributed by atoms with Gasteiger partial charge in [-0.3, -0.25) is 0 Å². The molecule has 0 atom stereocenters. The number of ether oxygens (including phenoxy) is 2. The number of halogens is 6. The van der Waals surface area contributed by atoms with Gasteiger partial charge in [-0.1, -0.05) is 81.7 Å². The van der Waals surface area contributed by atoms with Gasteiger partial charge in [-0.25, -0.2) is 15.0 Å². The van der Waals surface area contributed by atoms with E-state index in [1.54, 1.807) is 26.4 Å². The molecule has 28 heavy (non-hydrogen) atoms. The fraction of sp³-hybridized carbons (Fsp3) is 0.235. The molecule has 0 amide bonds. The number of hydrogen-bond acceptors (Lipinski definition) is 5. The summed E-state index contributed by atoms with van der Waals surface area (Å²) in [6.07, 6.45) is 0. The maximum atomic E-state index is 5.96. The van der Waals surface area contributed by atoms with Crippen molar-refractivity contribution >= 4 is 80.4 Å². The summed E-state index contributed by atoms with van der Waals surface area (Å²) in [5, 5.41) is 1.45. The summed E-state index contributed by atoms with van der Waals surface area (Å²) in [7, 11) is 3.12. The van der Waals surface area contributed by atoms with Crippen LogP contribution in [0.15, 0.2) is 30.3 Å². The molecule has 0 spiro atoms. The molecule has 3 aromatic rings. The van der Waals surface area contributed by atoms with Gasteiger partial charge in [0.25, 0.3) is 0 Å². The van der Waals surface area contributed by atoms with Crippen LogP contribution >= 0.6 is 69.6 Å². The fourth-order valence-electron chi connectivity index (χ4n) is 2.63. The molecule has 0 radical (unpaired) electrons. The average molecular weight is 502 g/mol. The van der Waals surface area contributed by atoms with Crippen LogP contribution in [-0.2, 0) is 7.59 Å². The lowest BCUT2D eigenvalue weighted by Gasteiger charge is -2.17. The van der Waals surface area contributed by atoms with Crippen LogP contribution in [-0.4, -0.2) is 29.2 Å². The number of nitrogens with zero attached hydrogens (tertiary/aromatic N) is 3. The Morgan fingerprint density at radius 3 is 1.75 bits per heavy atom. The maximum Gasteiger partial charge on any atom is 0.250 e. The number of alkyl halides is 6. The Morgan fingerprint density at radius 2 is 1.25 bits per heavy atom. The molecule has 1 aromatic heterocycles. The van der Waals surface area contributed by atoms with Gasteiger partial charge in [-0.2, -0.15) is 0 Å². The quantitative estimate of drug-likeness (QED) is 0.391. The van der Waals surface area contributed by atoms with Crippen molar-refractivity contribution in [3.8, 4) is 22.9 Å². The SMILES string of the molecule is COc1cccc2c(-c3nc(C(Cl)(Cl)Cl)nc(C(Cl)(Cl)Cl)n3)ccc(OC)c12. The molecule has 0 saturated heterocycles. The van der Waals surface area contributed by atoms with Gasteiger partial charge in [0.05, 0.1) is 19.6 Å². The molecule has 5 nitrogen and oxygen atoms in total. The molecule has 2 aromatic carbocycles. The first-order valence-electron chi connectivity index (χ1n) is 7.60. The third-order valence-corrected chi connectivity index (χ3v) is 4.80. The Hall–Kier alpha value is -0.950. The van der Waals surface area contributed by atoms with Crippen molar-refractivity contribution < 1.29 is 9.47 Å². The number of methoxy groups -OCH3 is 2. The van der Waals surface area contributed by atoms with Crippen LogP contribution in [0.1, 0.15) is 11.6 Å². The fourth-order valence-corrected chi connectivity index (χ4v) is 3.13. The molecule has 0 unspecified atom stereocenters. The van der Waals surface area contributed by atoms with Crippen LogP contribution in [0.5, 0.6) is 11.5 Å². The lowest BCUT2D eigenvalue weighted by molar-refractivity contribution is 0.405. The average Bonchev–Trinajstić information content (AvgIpc) is 2.64. The van der Waals surface area contributed by atoms with Gasteiger partial charge in [0, 0.05) is 10.9 Å². The Balaban J connectivity index is 2.37. The van der Waals surface area contributed by atoms with Crippen molar-refractivity contribution in [2.75, 3.05) is 14.2 Å². The van der Waals surface area contributed by atoms with E-state index in [1.807, 2.05) is 18.2 Å². The van der Waals surface area contributed by atoms with Crippen molar-refractivity contribution in [2.24, 2.45) is 0 Å². The smallest absolute Gasteiger partial charge is 0.250 e. The summed E-state index contributed by atoms with van der Waals surface area (Å²) >= 11 is 35.8. The van der Waals surface area contributed by atoms with E-state index >= 15 is 0 Å². The Bertz CT molecular complexity index is 991. The van der Waals surface area contributed by atoms with Gasteiger partial charge in [0.2, 0.25) is 7.59 Å². The molecular weight excluding hydrogens is 491 g/mol. The molecule has 0 aliphatic heterocycles. The van der Waals surface area contributed by atoms with Crippen LogP contribution in [0.3, 0.4) is 0 Å². The molecule has 148 valence electrons. The topological polar surface area (TPSA) is 57.1 Å². The second-order valence-electron chi connectivity index (χ2n) is 5.50. The summed E-state index contributed by atoms with van der Waals surface area (Å²) in [5.74, 6) is 1.03. The minimum absolute atomic E-state index is 0.165. The predicted molar refractivity (Wildman–Crippen MR) is 114 cm³/mol. The first-order valence-corrected chi connectivity index (χ1v) is 9.87. The molecule has 1 heterocycles. The lowest BCUT2D eigenvalue weighted by Crippen LogP contribution is -2.16. The number of aromatic nitrogens is 3. The standard InChI is InChI=1S/C17H11Cl6N3O2/c1-27-10-5-3-4-8-9(6-7-11(28-2)12(8)10)13-24-14(16(18,19)20)26-15(25-13)17(21,22)23/h3-7H,1-2H3. The summed E-state index contributed by atoms with van der Waals surface area (Å²) in [6.45, 7) is 0. The molecule has 0 bridgehead atoms. The summed E-state index contributed by atoms with van der Waals surface area (Å²) < 4.78 is 7.03. The van der Waals surface area contributed by atoms with E-state index in [-0.39, 0.29) is 17.5 Å². The first-order chi connectivity index (χ1) is 13.1. The monoisotopic (exact) mass is 499 g/mol. The van der Waals surface area contributed by atoms with Crippen LogP contribution in [0, 0.1) is 0 Å². The van der Waals surface area contributed by atoms with E-state index < -0.39 is 7.59 Å². The Kier molecular flexibility index (Phi) is 6.26. The van der Waals surface area contributed by atoms with E-state index in [2.05, 4.69) is 15.0 Å². The van der Waals surface area contributed by atoms with Crippen molar-refractivity contribution in [2.45, 2.75) is 7.59 Å². The highest BCUT2D eigenvalue weighted by molar-refractivity contribution is 6.67. The van der Waals surface area contributed by atoms with Gasteiger partial charge in [-0.15, -0.1) is 0 Å². The van der Waals surface area contributed by atoms with Crippen molar-refractivity contribution in [3.63, 3.8) is 0 Å². The van der Waals surface area contributed by atoms with Crippen molar-refractivity contribution in [1.29, 1.82) is 0 Å². The summed E-state index contributed by atoms with van der Waals surface area (Å²) in [4.78, 5) is 12.5. The van der Waals surface area contributed by atoms with Gasteiger partial charge in [0.15, 0.2) is 17.5 Å². The zero-order valence-corrected chi connectivity index (χ0v) is 18.8.